The molecule has 204 valence electrons. The third-order valence-corrected chi connectivity index (χ3v) is 7.00. The highest BCUT2D eigenvalue weighted by molar-refractivity contribution is 6.03. The van der Waals surface area contributed by atoms with Gasteiger partial charge >= 0.3 is 0 Å². The summed E-state index contributed by atoms with van der Waals surface area (Å²) in [6, 6.07) is 3.59. The average Bonchev–Trinajstić information content (AvgIpc) is 3.34. The molecule has 0 radical (unpaired) electrons. The lowest BCUT2D eigenvalue weighted by Crippen LogP contribution is -2.33. The maximum Gasteiger partial charge on any atom is 0.276 e. The lowest BCUT2D eigenvalue weighted by molar-refractivity contribution is 0.111. The van der Waals surface area contributed by atoms with Crippen LogP contribution in [0.25, 0.3) is 5.57 Å². The molecule has 0 atom stereocenters. The smallest absolute Gasteiger partial charge is 0.276 e. The van der Waals surface area contributed by atoms with E-state index in [1.165, 1.54) is 28.1 Å². The van der Waals surface area contributed by atoms with Crippen molar-refractivity contribution in [2.24, 2.45) is 28.9 Å². The molecule has 0 aromatic carbocycles. The van der Waals surface area contributed by atoms with E-state index in [4.69, 9.17) is 16.9 Å². The summed E-state index contributed by atoms with van der Waals surface area (Å²) >= 11 is 0. The van der Waals surface area contributed by atoms with Crippen molar-refractivity contribution in [1.29, 1.82) is 5.41 Å². The quantitative estimate of drug-likeness (QED) is 0.214. The predicted molar refractivity (Wildman–Crippen MR) is 152 cm³/mol. The van der Waals surface area contributed by atoms with E-state index >= 15 is 0 Å². The fourth-order valence-electron chi connectivity index (χ4n) is 5.14. The van der Waals surface area contributed by atoms with Gasteiger partial charge in [-0.25, -0.2) is 4.99 Å². The molecule has 0 aliphatic heterocycles. The minimum atomic E-state index is -0.349. The highest BCUT2D eigenvalue weighted by Crippen LogP contribution is 2.37. The zero-order chi connectivity index (χ0) is 28.2. The third-order valence-electron chi connectivity index (χ3n) is 7.00. The molecule has 10 heteroatoms. The van der Waals surface area contributed by atoms with Gasteiger partial charge in [-0.2, -0.15) is 0 Å². The molecule has 10 nitrogen and oxygen atoms in total. The van der Waals surface area contributed by atoms with Gasteiger partial charge in [0, 0.05) is 44.6 Å². The minimum Gasteiger partial charge on any atom is -0.404 e. The van der Waals surface area contributed by atoms with Crippen molar-refractivity contribution >= 4 is 29.2 Å². The number of carbonyl (C=O) groups excluding carboxylic acids is 1. The topological polar surface area (TPSA) is 156 Å². The molecule has 6 N–H and O–H groups in total. The molecule has 1 aliphatic carbocycles. The molecule has 3 rings (SSSR count). The average molecular weight is 522 g/mol. The van der Waals surface area contributed by atoms with E-state index in [2.05, 4.69) is 23.4 Å². The normalized spacial score (nSPS) is 15.5. The number of carbonyl (C=O) groups is 1. The summed E-state index contributed by atoms with van der Waals surface area (Å²) in [6.07, 6.45) is 7.55. The number of hydrogen-bond donors (Lipinski definition) is 4. The van der Waals surface area contributed by atoms with Crippen molar-refractivity contribution in [1.82, 2.24) is 14.0 Å². The summed E-state index contributed by atoms with van der Waals surface area (Å²) in [5.41, 5.74) is 16.1. The zero-order valence-corrected chi connectivity index (χ0v) is 22.9. The number of allylic oxidation sites excluding steroid dienone is 1. The Morgan fingerprint density at radius 3 is 2.63 bits per heavy atom. The Morgan fingerprint density at radius 1 is 1.32 bits per heavy atom. The van der Waals surface area contributed by atoms with Gasteiger partial charge in [-0.05, 0) is 65.8 Å². The third kappa shape index (κ3) is 5.96. The number of likely N-dealkylation sites (N-methyl/N-ethyl adjacent to an activating group) is 1. The largest absolute Gasteiger partial charge is 0.404 e. The van der Waals surface area contributed by atoms with E-state index in [0.717, 1.165) is 24.7 Å². The van der Waals surface area contributed by atoms with Crippen LogP contribution in [0, 0.1) is 10.8 Å². The number of amidine groups is 2. The van der Waals surface area contributed by atoms with Gasteiger partial charge in [-0.15, -0.1) is 0 Å². The van der Waals surface area contributed by atoms with Crippen molar-refractivity contribution < 1.29 is 9.90 Å². The van der Waals surface area contributed by atoms with Crippen molar-refractivity contribution in [3.8, 4) is 0 Å². The molecule has 1 aliphatic rings. The molecule has 0 saturated carbocycles. The maximum atomic E-state index is 12.6. The Morgan fingerprint density at radius 2 is 2.03 bits per heavy atom. The van der Waals surface area contributed by atoms with Gasteiger partial charge in [0.15, 0.2) is 6.29 Å². The Bertz CT molecular complexity index is 1380. The van der Waals surface area contributed by atoms with Gasteiger partial charge in [-0.1, -0.05) is 20.8 Å². The summed E-state index contributed by atoms with van der Waals surface area (Å²) in [6.45, 7) is 7.06. The van der Waals surface area contributed by atoms with Crippen LogP contribution >= 0.6 is 0 Å². The first kappa shape index (κ1) is 28.6. The number of aliphatic hydroxyl groups excluding tert-OH is 1. The number of aliphatic hydroxyl groups is 1. The highest BCUT2D eigenvalue weighted by Gasteiger charge is 2.32. The van der Waals surface area contributed by atoms with Gasteiger partial charge in [0.25, 0.3) is 5.56 Å². The maximum absolute atomic E-state index is 12.6. The second-order valence-corrected chi connectivity index (χ2v) is 10.5. The first-order valence-electron chi connectivity index (χ1n) is 12.7. The molecular formula is C28H39N7O3. The van der Waals surface area contributed by atoms with E-state index in [1.807, 2.05) is 13.0 Å². The number of aryl methyl sites for hydroxylation is 1. The number of aldehydes is 1. The summed E-state index contributed by atoms with van der Waals surface area (Å²) in [5.74, 6) is 0.263. The SMILES string of the molecule is CC/C(=C(/CO)C(=N)N(C)CCn1c(C=O)cc2c1CC(C)(C)C2)c1cc(N=C(N)/C=C\N)c(=O)n(C)c1. The number of nitrogens with zero attached hydrogens (tertiary/aromatic N) is 4. The van der Waals surface area contributed by atoms with Crippen LogP contribution in [-0.4, -0.2) is 57.3 Å². The minimum absolute atomic E-state index is 0.0909. The van der Waals surface area contributed by atoms with E-state index in [0.29, 0.717) is 36.3 Å². The second-order valence-electron chi connectivity index (χ2n) is 10.5. The first-order valence-corrected chi connectivity index (χ1v) is 12.7. The van der Waals surface area contributed by atoms with Crippen LogP contribution in [0.3, 0.4) is 0 Å². The number of aromatic nitrogens is 2. The number of fused-ring (bicyclic) bond motifs is 1. The van der Waals surface area contributed by atoms with Crippen molar-refractivity contribution in [3.05, 3.63) is 69.0 Å². The number of nitrogens with one attached hydrogen (secondary N) is 1. The van der Waals surface area contributed by atoms with E-state index in [1.54, 1.807) is 31.3 Å². The molecular weight excluding hydrogens is 482 g/mol. The number of pyridine rings is 1. The lowest BCUT2D eigenvalue weighted by atomic mass is 9.90. The van der Waals surface area contributed by atoms with Crippen molar-refractivity contribution in [3.63, 3.8) is 0 Å². The number of nitrogens with two attached hydrogens (primary N) is 2. The van der Waals surface area contributed by atoms with E-state index in [-0.39, 0.29) is 34.9 Å². The Labute approximate surface area is 223 Å². The number of rotatable bonds is 10. The first-order chi connectivity index (χ1) is 18.0. The highest BCUT2D eigenvalue weighted by atomic mass is 16.3. The van der Waals surface area contributed by atoms with Crippen LogP contribution in [0.15, 0.2) is 46.0 Å². The molecule has 0 spiro atoms. The molecule has 2 aromatic rings. The van der Waals surface area contributed by atoms with Crippen molar-refractivity contribution in [2.75, 3.05) is 20.2 Å². The number of aliphatic imine (C=N–C) groups is 1. The van der Waals surface area contributed by atoms with Gasteiger partial charge in [-0.3, -0.25) is 15.0 Å². The second kappa shape index (κ2) is 11.6. The zero-order valence-electron chi connectivity index (χ0n) is 22.9. The number of hydrogen-bond acceptors (Lipinski definition) is 6. The molecule has 0 saturated heterocycles. The van der Waals surface area contributed by atoms with Crippen LogP contribution in [0.5, 0.6) is 0 Å². The molecule has 2 aromatic heterocycles. The van der Waals surface area contributed by atoms with Crippen LogP contribution in [0.1, 0.15) is 54.5 Å². The van der Waals surface area contributed by atoms with Crippen LogP contribution in [-0.2, 0) is 26.4 Å². The van der Waals surface area contributed by atoms with E-state index in [9.17, 15) is 14.7 Å². The molecule has 0 amide bonds. The summed E-state index contributed by atoms with van der Waals surface area (Å²) in [4.78, 5) is 30.3. The van der Waals surface area contributed by atoms with Gasteiger partial charge in [0.05, 0.1) is 12.3 Å². The monoisotopic (exact) mass is 521 g/mol. The van der Waals surface area contributed by atoms with Crippen LogP contribution < -0.4 is 17.0 Å². The van der Waals surface area contributed by atoms with Crippen molar-refractivity contribution in [2.45, 2.75) is 46.6 Å². The molecule has 38 heavy (non-hydrogen) atoms. The van der Waals surface area contributed by atoms with Gasteiger partial charge in [0.2, 0.25) is 0 Å². The summed E-state index contributed by atoms with van der Waals surface area (Å²) in [5, 5.41) is 19.2. The van der Waals surface area contributed by atoms with Crippen LogP contribution in [0.4, 0.5) is 5.69 Å². The Kier molecular flexibility index (Phi) is 8.78. The Hall–Kier alpha value is -3.92. The molecule has 0 unspecified atom stereocenters. The molecule has 0 bridgehead atoms. The molecule has 0 fully saturated rings. The lowest BCUT2D eigenvalue weighted by Gasteiger charge is -2.25. The fraction of sp³-hybridized carbons (Fsp3) is 0.429. The standard InChI is InChI=1S/C28H39N7O3/c1-6-21(19-12-23(27(38)34(5)15-19)32-25(30)7-8-29)22(17-37)26(31)33(4)9-10-35-20(16-36)11-18-13-28(2,3)14-24(18)35/h7-8,11-12,15-16,31,37H,6,9-10,13-14,17,29H2,1-5H3,(H2,30,32)/b8-7-,22-21+,31-26?. The van der Waals surface area contributed by atoms with Gasteiger partial charge in [0.1, 0.15) is 17.4 Å². The summed E-state index contributed by atoms with van der Waals surface area (Å²) in [7, 11) is 3.42. The predicted octanol–water partition coefficient (Wildman–Crippen LogP) is 2.35. The fourth-order valence-corrected chi connectivity index (χ4v) is 5.14. The van der Waals surface area contributed by atoms with Gasteiger partial charge < -0.3 is 30.6 Å². The van der Waals surface area contributed by atoms with Crippen LogP contribution in [0.2, 0.25) is 0 Å². The summed E-state index contributed by atoms with van der Waals surface area (Å²) < 4.78 is 3.46. The molecule has 2 heterocycles. The Balaban J connectivity index is 1.92. The van der Waals surface area contributed by atoms with E-state index < -0.39 is 0 Å².